The van der Waals surface area contributed by atoms with Gasteiger partial charge in [-0.1, -0.05) is 0 Å². The molecule has 10 nitrogen and oxygen atoms in total. The maximum absolute atomic E-state index is 9.26. The number of hydrogen-bond donors (Lipinski definition) is 2. The van der Waals surface area contributed by atoms with Gasteiger partial charge in [-0.25, -0.2) is 4.68 Å². The number of aromatic nitrogens is 3. The number of aryl methyl sites for hydroxylation is 1. The quantitative estimate of drug-likeness (QED) is 0.450. The Morgan fingerprint density at radius 3 is 2.17 bits per heavy atom. The van der Waals surface area contributed by atoms with E-state index in [2.05, 4.69) is 16.4 Å². The normalized spacial score (nSPS) is 14.5. The Hall–Kier alpha value is -3.92. The molecule has 0 aliphatic carbocycles. The molecule has 2 heterocycles. The van der Waals surface area contributed by atoms with E-state index in [4.69, 9.17) is 28.8 Å². The third-order valence-electron chi connectivity index (χ3n) is 5.79. The van der Waals surface area contributed by atoms with Gasteiger partial charge in [-0.2, -0.15) is 10.1 Å². The minimum absolute atomic E-state index is 0.0722. The lowest BCUT2D eigenvalue weighted by Crippen LogP contribution is -2.20. The Labute approximate surface area is 204 Å². The topological polar surface area (TPSA) is 109 Å². The number of allylic oxidation sites excluding steroid dienone is 1. The van der Waals surface area contributed by atoms with Gasteiger partial charge in [-0.15, -0.1) is 0 Å². The van der Waals surface area contributed by atoms with Crippen molar-refractivity contribution < 1.29 is 28.8 Å². The highest BCUT2D eigenvalue weighted by molar-refractivity contribution is 5.78. The summed E-state index contributed by atoms with van der Waals surface area (Å²) in [6.07, 6.45) is 3.19. The molecule has 1 aliphatic heterocycles. The molecule has 0 spiro atoms. The minimum atomic E-state index is -0.321. The van der Waals surface area contributed by atoms with Crippen LogP contribution in [0.4, 0.5) is 5.95 Å². The van der Waals surface area contributed by atoms with Gasteiger partial charge in [-0.3, -0.25) is 0 Å². The van der Waals surface area contributed by atoms with Gasteiger partial charge in [0.05, 0.1) is 35.5 Å². The molecule has 186 valence electrons. The van der Waals surface area contributed by atoms with Crippen molar-refractivity contribution in [3.05, 3.63) is 53.4 Å². The first-order valence-corrected chi connectivity index (χ1v) is 11.1. The van der Waals surface area contributed by atoms with Gasteiger partial charge >= 0.3 is 0 Å². The summed E-state index contributed by atoms with van der Waals surface area (Å²) in [4.78, 5) is 4.68. The molecule has 10 heteroatoms. The average Bonchev–Trinajstić information content (AvgIpc) is 3.32. The van der Waals surface area contributed by atoms with Crippen LogP contribution in [0.5, 0.6) is 28.7 Å². The van der Waals surface area contributed by atoms with Crippen molar-refractivity contribution in [2.75, 3.05) is 47.5 Å². The first kappa shape index (κ1) is 24.2. The smallest absolute Gasteiger partial charge is 0.226 e. The lowest BCUT2D eigenvalue weighted by Gasteiger charge is -2.25. The van der Waals surface area contributed by atoms with Crippen LogP contribution >= 0.6 is 0 Å². The first-order chi connectivity index (χ1) is 17.1. The highest BCUT2D eigenvalue weighted by Gasteiger charge is 2.28. The van der Waals surface area contributed by atoms with Gasteiger partial charge in [0, 0.05) is 24.3 Å². The van der Waals surface area contributed by atoms with E-state index in [1.54, 1.807) is 35.5 Å². The van der Waals surface area contributed by atoms with E-state index in [1.807, 2.05) is 35.0 Å². The van der Waals surface area contributed by atoms with Gasteiger partial charge in [0.15, 0.2) is 28.8 Å². The van der Waals surface area contributed by atoms with Crippen LogP contribution in [-0.4, -0.2) is 62.0 Å². The van der Waals surface area contributed by atoms with Crippen LogP contribution in [0.25, 0.3) is 5.70 Å². The number of anilines is 1. The zero-order chi connectivity index (χ0) is 24.9. The summed E-state index contributed by atoms with van der Waals surface area (Å²) >= 11 is 0. The third-order valence-corrected chi connectivity index (χ3v) is 5.79. The number of fused-ring (bicyclic) bond motifs is 1. The molecule has 1 atom stereocenters. The van der Waals surface area contributed by atoms with Crippen molar-refractivity contribution in [2.45, 2.75) is 18.9 Å². The fourth-order valence-electron chi connectivity index (χ4n) is 4.06. The predicted molar refractivity (Wildman–Crippen MR) is 131 cm³/mol. The van der Waals surface area contributed by atoms with Crippen molar-refractivity contribution in [2.24, 2.45) is 0 Å². The molecule has 4 rings (SSSR count). The fraction of sp³-hybridized carbons (Fsp3) is 0.360. The largest absolute Gasteiger partial charge is 0.493 e. The zero-order valence-corrected chi connectivity index (χ0v) is 20.5. The van der Waals surface area contributed by atoms with E-state index in [9.17, 15) is 5.11 Å². The lowest BCUT2D eigenvalue weighted by atomic mass is 10.0. The Morgan fingerprint density at radius 1 is 0.886 bits per heavy atom. The van der Waals surface area contributed by atoms with Crippen LogP contribution in [0.15, 0.2) is 36.4 Å². The fourth-order valence-corrected chi connectivity index (χ4v) is 4.06. The summed E-state index contributed by atoms with van der Waals surface area (Å²) in [6, 6.07) is 9.20. The molecule has 0 radical (unpaired) electrons. The van der Waals surface area contributed by atoms with Crippen molar-refractivity contribution in [1.29, 1.82) is 0 Å². The van der Waals surface area contributed by atoms with E-state index in [-0.39, 0.29) is 12.6 Å². The maximum Gasteiger partial charge on any atom is 0.226 e. The van der Waals surface area contributed by atoms with Crippen molar-refractivity contribution in [3.8, 4) is 28.7 Å². The SMILES string of the molecule is COc1ccc(C2=C[C@@H](c3cc(OC)c(OC)c(OC)c3)n3nc(CCCO)nc3N2)cc1OC. The monoisotopic (exact) mass is 482 g/mol. The number of rotatable bonds is 10. The zero-order valence-electron chi connectivity index (χ0n) is 20.5. The molecule has 2 N–H and O–H groups in total. The van der Waals surface area contributed by atoms with Crippen LogP contribution in [-0.2, 0) is 6.42 Å². The Morgan fingerprint density at radius 2 is 1.57 bits per heavy atom. The summed E-state index contributed by atoms with van der Waals surface area (Å²) < 4.78 is 29.4. The van der Waals surface area contributed by atoms with E-state index in [0.29, 0.717) is 53.4 Å². The molecule has 2 aromatic carbocycles. The molecule has 0 saturated heterocycles. The number of aliphatic hydroxyl groups is 1. The summed E-state index contributed by atoms with van der Waals surface area (Å²) in [5, 5.41) is 17.4. The average molecular weight is 483 g/mol. The second-order valence-electron chi connectivity index (χ2n) is 7.80. The van der Waals surface area contributed by atoms with E-state index < -0.39 is 0 Å². The third kappa shape index (κ3) is 4.69. The highest BCUT2D eigenvalue weighted by atomic mass is 16.5. The Balaban J connectivity index is 1.85. The molecule has 1 aromatic heterocycles. The maximum atomic E-state index is 9.26. The molecule has 0 amide bonds. The summed E-state index contributed by atoms with van der Waals surface area (Å²) in [5.41, 5.74) is 2.60. The molecular formula is C25H30N4O6. The molecule has 0 bridgehead atoms. The van der Waals surface area contributed by atoms with Gasteiger partial charge in [0.25, 0.3) is 0 Å². The second kappa shape index (κ2) is 10.6. The number of nitrogens with one attached hydrogen (secondary N) is 1. The number of nitrogens with zero attached hydrogens (tertiary/aromatic N) is 3. The van der Waals surface area contributed by atoms with Crippen LogP contribution < -0.4 is 29.0 Å². The van der Waals surface area contributed by atoms with E-state index in [1.165, 1.54) is 0 Å². The predicted octanol–water partition coefficient (Wildman–Crippen LogP) is 3.30. The molecule has 3 aromatic rings. The van der Waals surface area contributed by atoms with Crippen LogP contribution in [0.1, 0.15) is 29.4 Å². The highest BCUT2D eigenvalue weighted by Crippen LogP contribution is 2.43. The molecular weight excluding hydrogens is 452 g/mol. The number of methoxy groups -OCH3 is 5. The Bertz CT molecular complexity index is 1200. The minimum Gasteiger partial charge on any atom is -0.493 e. The van der Waals surface area contributed by atoms with Gasteiger partial charge in [0.1, 0.15) is 6.04 Å². The summed E-state index contributed by atoms with van der Waals surface area (Å²) in [6.45, 7) is 0.0722. The molecule has 0 unspecified atom stereocenters. The van der Waals surface area contributed by atoms with E-state index >= 15 is 0 Å². The standard InChI is InChI=1S/C25H30N4O6/c1-31-19-9-8-15(11-20(19)32-2)17-14-18(29-25(26-17)27-23(28-29)7-6-10-30)16-12-21(33-3)24(35-5)22(13-16)34-4/h8-9,11-14,18,30H,6-7,10H2,1-5H3,(H,26,27,28)/t18-/m0/s1. The molecule has 35 heavy (non-hydrogen) atoms. The first-order valence-electron chi connectivity index (χ1n) is 11.1. The van der Waals surface area contributed by atoms with Crippen molar-refractivity contribution >= 4 is 11.6 Å². The number of ether oxygens (including phenoxy) is 5. The van der Waals surface area contributed by atoms with Crippen molar-refractivity contribution in [3.63, 3.8) is 0 Å². The Kier molecular flexibility index (Phi) is 7.31. The van der Waals surface area contributed by atoms with Crippen LogP contribution in [0, 0.1) is 0 Å². The van der Waals surface area contributed by atoms with E-state index in [0.717, 1.165) is 16.8 Å². The molecule has 0 fully saturated rings. The van der Waals surface area contributed by atoms with Gasteiger partial charge < -0.3 is 34.1 Å². The number of aliphatic hydroxyl groups excluding tert-OH is 1. The lowest BCUT2D eigenvalue weighted by molar-refractivity contribution is 0.287. The summed E-state index contributed by atoms with van der Waals surface area (Å²) in [7, 11) is 7.95. The second-order valence-corrected chi connectivity index (χ2v) is 7.80. The summed E-state index contributed by atoms with van der Waals surface area (Å²) in [5.74, 6) is 4.09. The van der Waals surface area contributed by atoms with Crippen LogP contribution in [0.3, 0.4) is 0 Å². The van der Waals surface area contributed by atoms with Crippen molar-refractivity contribution in [1.82, 2.24) is 14.8 Å². The molecule has 0 saturated carbocycles. The van der Waals surface area contributed by atoms with Crippen LogP contribution in [0.2, 0.25) is 0 Å². The molecule has 1 aliphatic rings. The number of benzene rings is 2. The van der Waals surface area contributed by atoms with Gasteiger partial charge in [0.2, 0.25) is 11.7 Å². The van der Waals surface area contributed by atoms with Gasteiger partial charge in [-0.05, 0) is 48.4 Å². The number of hydrogen-bond acceptors (Lipinski definition) is 9.